The number of carbonyl (C=O) groups is 1. The van der Waals surface area contributed by atoms with Crippen LogP contribution in [0.2, 0.25) is 0 Å². The number of aryl methyl sites for hydroxylation is 1. The maximum atomic E-state index is 12.1. The average Bonchev–Trinajstić information content (AvgIpc) is 3.35. The molecule has 2 heterocycles. The standard InChI is InChI=1S/C21H22N2O4/c1-3-23-14-16(13-22-23)21(24)12-11-19-9-10-20(27-19)15-26-18-7-5-17(6-8-18)25-4-2/h5-14H,3-4,15H2,1-2H3/b12-11+. The Morgan fingerprint density at radius 2 is 1.85 bits per heavy atom. The molecule has 0 atom stereocenters. The number of rotatable bonds is 9. The van der Waals surface area contributed by atoms with Crippen LogP contribution in [-0.4, -0.2) is 22.2 Å². The van der Waals surface area contributed by atoms with Gasteiger partial charge >= 0.3 is 0 Å². The minimum Gasteiger partial charge on any atom is -0.494 e. The lowest BCUT2D eigenvalue weighted by molar-refractivity contribution is 0.104. The number of furan rings is 1. The molecule has 6 nitrogen and oxygen atoms in total. The highest BCUT2D eigenvalue weighted by atomic mass is 16.5. The van der Waals surface area contributed by atoms with Gasteiger partial charge in [0.25, 0.3) is 0 Å². The fourth-order valence-corrected chi connectivity index (χ4v) is 2.43. The molecule has 0 fully saturated rings. The highest BCUT2D eigenvalue weighted by Gasteiger charge is 2.06. The molecule has 0 N–H and O–H groups in total. The number of hydrogen-bond acceptors (Lipinski definition) is 5. The van der Waals surface area contributed by atoms with Gasteiger partial charge in [0, 0.05) is 12.7 Å². The molecule has 0 unspecified atom stereocenters. The van der Waals surface area contributed by atoms with Crippen molar-refractivity contribution in [1.29, 1.82) is 0 Å². The van der Waals surface area contributed by atoms with Gasteiger partial charge < -0.3 is 13.9 Å². The van der Waals surface area contributed by atoms with Crippen molar-refractivity contribution in [2.75, 3.05) is 6.61 Å². The normalized spacial score (nSPS) is 11.0. The van der Waals surface area contributed by atoms with E-state index in [4.69, 9.17) is 13.9 Å². The van der Waals surface area contributed by atoms with Crippen LogP contribution in [0.3, 0.4) is 0 Å². The van der Waals surface area contributed by atoms with Crippen molar-refractivity contribution < 1.29 is 18.7 Å². The van der Waals surface area contributed by atoms with Gasteiger partial charge in [0.1, 0.15) is 29.6 Å². The van der Waals surface area contributed by atoms with E-state index in [1.807, 2.05) is 44.2 Å². The first-order valence-corrected chi connectivity index (χ1v) is 8.87. The number of ether oxygens (including phenoxy) is 2. The van der Waals surface area contributed by atoms with Crippen molar-refractivity contribution >= 4 is 11.9 Å². The van der Waals surface area contributed by atoms with Crippen LogP contribution in [0.4, 0.5) is 0 Å². The van der Waals surface area contributed by atoms with Gasteiger partial charge in [-0.2, -0.15) is 5.10 Å². The fraction of sp³-hybridized carbons (Fsp3) is 0.238. The molecule has 140 valence electrons. The molecule has 3 rings (SSSR count). The molecule has 0 amide bonds. The van der Waals surface area contributed by atoms with Crippen LogP contribution < -0.4 is 9.47 Å². The molecule has 0 spiro atoms. The quantitative estimate of drug-likeness (QED) is 0.415. The lowest BCUT2D eigenvalue weighted by Crippen LogP contribution is -1.95. The van der Waals surface area contributed by atoms with Crippen molar-refractivity contribution in [2.45, 2.75) is 27.0 Å². The second-order valence-electron chi connectivity index (χ2n) is 5.78. The Hall–Kier alpha value is -3.28. The van der Waals surface area contributed by atoms with Gasteiger partial charge in [-0.05, 0) is 62.4 Å². The summed E-state index contributed by atoms with van der Waals surface area (Å²) in [7, 11) is 0. The molecule has 0 aliphatic carbocycles. The van der Waals surface area contributed by atoms with Crippen molar-refractivity contribution in [3.63, 3.8) is 0 Å². The van der Waals surface area contributed by atoms with E-state index in [1.165, 1.54) is 6.08 Å². The fourth-order valence-electron chi connectivity index (χ4n) is 2.43. The summed E-state index contributed by atoms with van der Waals surface area (Å²) < 4.78 is 18.5. The van der Waals surface area contributed by atoms with Crippen molar-refractivity contribution in [1.82, 2.24) is 9.78 Å². The second-order valence-corrected chi connectivity index (χ2v) is 5.78. The second kappa shape index (κ2) is 8.89. The molecule has 2 aromatic heterocycles. The summed E-state index contributed by atoms with van der Waals surface area (Å²) in [5, 5.41) is 4.10. The molecule has 0 radical (unpaired) electrons. The van der Waals surface area contributed by atoms with Crippen LogP contribution in [0, 0.1) is 0 Å². The molecule has 0 aliphatic rings. The summed E-state index contributed by atoms with van der Waals surface area (Å²) in [4.78, 5) is 12.1. The number of allylic oxidation sites excluding steroid dienone is 1. The molecular formula is C21H22N2O4. The molecule has 3 aromatic rings. The van der Waals surface area contributed by atoms with E-state index < -0.39 is 0 Å². The van der Waals surface area contributed by atoms with Gasteiger partial charge in [-0.1, -0.05) is 0 Å². The Kier molecular flexibility index (Phi) is 6.10. The molecule has 6 heteroatoms. The number of aromatic nitrogens is 2. The predicted octanol–water partition coefficient (Wildman–Crippen LogP) is 4.37. The zero-order valence-corrected chi connectivity index (χ0v) is 15.4. The monoisotopic (exact) mass is 366 g/mol. The first-order chi connectivity index (χ1) is 13.2. The Labute approximate surface area is 158 Å². The summed E-state index contributed by atoms with van der Waals surface area (Å²) >= 11 is 0. The summed E-state index contributed by atoms with van der Waals surface area (Å²) in [6.45, 7) is 5.58. The maximum Gasteiger partial charge on any atom is 0.189 e. The maximum absolute atomic E-state index is 12.1. The van der Waals surface area contributed by atoms with Crippen LogP contribution in [0.5, 0.6) is 11.5 Å². The van der Waals surface area contributed by atoms with Gasteiger partial charge in [0.2, 0.25) is 0 Å². The lowest BCUT2D eigenvalue weighted by Gasteiger charge is -2.06. The number of benzene rings is 1. The minimum absolute atomic E-state index is 0.113. The molecule has 0 aliphatic heterocycles. The minimum atomic E-state index is -0.113. The van der Waals surface area contributed by atoms with Gasteiger partial charge in [-0.15, -0.1) is 0 Å². The topological polar surface area (TPSA) is 66.5 Å². The van der Waals surface area contributed by atoms with E-state index in [1.54, 1.807) is 29.2 Å². The molecule has 0 saturated carbocycles. The van der Waals surface area contributed by atoms with Crippen LogP contribution in [0.25, 0.3) is 6.08 Å². The molecule has 0 bridgehead atoms. The van der Waals surface area contributed by atoms with Gasteiger partial charge in [-0.25, -0.2) is 0 Å². The zero-order valence-electron chi connectivity index (χ0n) is 15.4. The van der Waals surface area contributed by atoms with E-state index in [2.05, 4.69) is 5.10 Å². The zero-order chi connectivity index (χ0) is 19.1. The Balaban J connectivity index is 1.54. The van der Waals surface area contributed by atoms with Gasteiger partial charge in [0.05, 0.1) is 18.4 Å². The smallest absolute Gasteiger partial charge is 0.189 e. The van der Waals surface area contributed by atoms with Crippen molar-refractivity contribution in [2.24, 2.45) is 0 Å². The third kappa shape index (κ3) is 5.10. The van der Waals surface area contributed by atoms with E-state index in [0.717, 1.165) is 18.0 Å². The van der Waals surface area contributed by atoms with E-state index in [-0.39, 0.29) is 5.78 Å². The van der Waals surface area contributed by atoms with Gasteiger partial charge in [0.15, 0.2) is 5.78 Å². The molecule has 0 saturated heterocycles. The molecule has 1 aromatic carbocycles. The highest BCUT2D eigenvalue weighted by Crippen LogP contribution is 2.19. The van der Waals surface area contributed by atoms with Crippen LogP contribution in [0.1, 0.15) is 35.7 Å². The number of ketones is 1. The lowest BCUT2D eigenvalue weighted by atomic mass is 10.2. The summed E-state index contributed by atoms with van der Waals surface area (Å²) in [6.07, 6.45) is 6.41. The highest BCUT2D eigenvalue weighted by molar-refractivity contribution is 6.06. The first-order valence-electron chi connectivity index (χ1n) is 8.87. The van der Waals surface area contributed by atoms with E-state index >= 15 is 0 Å². The SMILES string of the molecule is CCOc1ccc(OCc2ccc(/C=C/C(=O)c3cnn(CC)c3)o2)cc1. The predicted molar refractivity (Wildman–Crippen MR) is 102 cm³/mol. The van der Waals surface area contributed by atoms with Crippen molar-refractivity contribution in [3.8, 4) is 11.5 Å². The Bertz CT molecular complexity index is 906. The Morgan fingerprint density at radius 3 is 2.52 bits per heavy atom. The van der Waals surface area contributed by atoms with E-state index in [0.29, 0.717) is 30.3 Å². The first kappa shape index (κ1) is 18.5. The Morgan fingerprint density at radius 1 is 1.11 bits per heavy atom. The van der Waals surface area contributed by atoms with Crippen LogP contribution >= 0.6 is 0 Å². The number of nitrogens with zero attached hydrogens (tertiary/aromatic N) is 2. The summed E-state index contributed by atoms with van der Waals surface area (Å²) in [6, 6.07) is 11.1. The summed E-state index contributed by atoms with van der Waals surface area (Å²) in [5.74, 6) is 2.70. The van der Waals surface area contributed by atoms with Crippen LogP contribution in [-0.2, 0) is 13.2 Å². The van der Waals surface area contributed by atoms with Crippen LogP contribution in [0.15, 0.2) is 59.3 Å². The number of hydrogen-bond donors (Lipinski definition) is 0. The van der Waals surface area contributed by atoms with E-state index in [9.17, 15) is 4.79 Å². The third-order valence-corrected chi connectivity index (χ3v) is 3.84. The number of carbonyl (C=O) groups excluding carboxylic acids is 1. The largest absolute Gasteiger partial charge is 0.494 e. The van der Waals surface area contributed by atoms with Crippen molar-refractivity contribution in [3.05, 3.63) is 72.0 Å². The molecule has 27 heavy (non-hydrogen) atoms. The van der Waals surface area contributed by atoms with Gasteiger partial charge in [-0.3, -0.25) is 9.48 Å². The average molecular weight is 366 g/mol. The summed E-state index contributed by atoms with van der Waals surface area (Å²) in [5.41, 5.74) is 0.554. The third-order valence-electron chi connectivity index (χ3n) is 3.84. The molecular weight excluding hydrogens is 344 g/mol.